The highest BCUT2D eigenvalue weighted by Gasteiger charge is 2.47. The molecular weight excluding hydrogens is 346 g/mol. The first-order valence-electron chi connectivity index (χ1n) is 7.77. The van der Waals surface area contributed by atoms with E-state index in [4.69, 9.17) is 5.26 Å². The number of carbonyl (C=O) groups excluding carboxylic acids is 2. The van der Waals surface area contributed by atoms with E-state index in [0.29, 0.717) is 10.9 Å². The lowest BCUT2D eigenvalue weighted by molar-refractivity contribution is -0.131. The Bertz CT molecular complexity index is 980. The monoisotopic (exact) mass is 360 g/mol. The summed E-state index contributed by atoms with van der Waals surface area (Å²) in [4.78, 5) is 38.9. The van der Waals surface area contributed by atoms with Crippen LogP contribution in [0.25, 0.3) is 10.9 Å². The molecule has 1 saturated heterocycles. The fourth-order valence-corrected chi connectivity index (χ4v) is 2.85. The molecule has 1 aliphatic rings. The molecule has 1 aliphatic heterocycles. The number of likely N-dealkylation sites (tertiary alicyclic amines) is 1. The van der Waals surface area contributed by atoms with Crippen molar-refractivity contribution in [1.29, 1.82) is 5.26 Å². The summed E-state index contributed by atoms with van der Waals surface area (Å²) in [5.41, 5.74) is 0.539. The third kappa shape index (κ3) is 3.54. The summed E-state index contributed by atoms with van der Waals surface area (Å²) in [6.07, 6.45) is -0.702. The number of rotatable bonds is 3. The normalized spacial score (nSPS) is 18.5. The number of alkyl halides is 2. The average Bonchev–Trinajstić information content (AvgIpc) is 2.93. The van der Waals surface area contributed by atoms with E-state index in [1.54, 1.807) is 18.2 Å². The maximum atomic E-state index is 13.4. The number of halogens is 2. The molecule has 2 aromatic rings. The first-order valence-corrected chi connectivity index (χ1v) is 7.77. The van der Waals surface area contributed by atoms with Gasteiger partial charge in [0.25, 0.3) is 11.8 Å². The van der Waals surface area contributed by atoms with Gasteiger partial charge < -0.3 is 15.2 Å². The van der Waals surface area contributed by atoms with Crippen LogP contribution in [0.3, 0.4) is 0 Å². The van der Waals surface area contributed by atoms with E-state index in [2.05, 4.69) is 10.3 Å². The van der Waals surface area contributed by atoms with Crippen molar-refractivity contribution < 1.29 is 18.4 Å². The zero-order chi connectivity index (χ0) is 18.9. The third-order valence-corrected chi connectivity index (χ3v) is 4.13. The highest BCUT2D eigenvalue weighted by Crippen LogP contribution is 2.31. The van der Waals surface area contributed by atoms with Gasteiger partial charge in [0.15, 0.2) is 0 Å². The van der Waals surface area contributed by atoms with Crippen molar-refractivity contribution in [1.82, 2.24) is 15.2 Å². The summed E-state index contributed by atoms with van der Waals surface area (Å²) in [6, 6.07) is 7.92. The second-order valence-electron chi connectivity index (χ2n) is 6.03. The van der Waals surface area contributed by atoms with Crippen molar-refractivity contribution in [3.63, 3.8) is 0 Å². The second-order valence-corrected chi connectivity index (χ2v) is 6.03. The Morgan fingerprint density at radius 2 is 2.12 bits per heavy atom. The number of nitrogens with one attached hydrogen (secondary N) is 2. The smallest absolute Gasteiger partial charge is 0.268 e. The van der Waals surface area contributed by atoms with Gasteiger partial charge >= 0.3 is 0 Å². The zero-order valence-corrected chi connectivity index (χ0v) is 13.5. The van der Waals surface area contributed by atoms with Gasteiger partial charge in [0.05, 0.1) is 19.2 Å². The van der Waals surface area contributed by atoms with Crippen LogP contribution in [0.5, 0.6) is 0 Å². The van der Waals surface area contributed by atoms with E-state index in [1.165, 1.54) is 18.2 Å². The highest BCUT2D eigenvalue weighted by atomic mass is 19.3. The van der Waals surface area contributed by atoms with Crippen LogP contribution in [0.2, 0.25) is 0 Å². The molecule has 0 saturated carbocycles. The highest BCUT2D eigenvalue weighted by molar-refractivity contribution is 5.99. The van der Waals surface area contributed by atoms with E-state index < -0.39 is 43.3 Å². The molecule has 3 rings (SSSR count). The van der Waals surface area contributed by atoms with E-state index >= 15 is 0 Å². The molecule has 0 unspecified atom stereocenters. The minimum absolute atomic E-state index is 0.251. The maximum Gasteiger partial charge on any atom is 0.268 e. The molecule has 9 heteroatoms. The van der Waals surface area contributed by atoms with Gasteiger partial charge in [0.1, 0.15) is 6.04 Å². The molecular formula is C17H14F2N4O3. The quantitative estimate of drug-likeness (QED) is 0.852. The lowest BCUT2D eigenvalue weighted by atomic mass is 10.1. The number of aromatic nitrogens is 1. The number of hydrogen-bond acceptors (Lipinski definition) is 4. The van der Waals surface area contributed by atoms with E-state index in [1.807, 2.05) is 0 Å². The Morgan fingerprint density at radius 1 is 1.35 bits per heavy atom. The first kappa shape index (κ1) is 17.5. The largest absolute Gasteiger partial charge is 0.343 e. The van der Waals surface area contributed by atoms with Crippen LogP contribution in [-0.4, -0.2) is 46.8 Å². The zero-order valence-electron chi connectivity index (χ0n) is 13.5. The molecule has 134 valence electrons. The van der Waals surface area contributed by atoms with Crippen LogP contribution in [0.4, 0.5) is 8.78 Å². The molecule has 1 aromatic heterocycles. The second kappa shape index (κ2) is 6.55. The molecule has 26 heavy (non-hydrogen) atoms. The number of nitrogens with zero attached hydrogens (tertiary/aromatic N) is 2. The fourth-order valence-electron chi connectivity index (χ4n) is 2.85. The number of pyridine rings is 1. The summed E-state index contributed by atoms with van der Waals surface area (Å²) in [5, 5.41) is 11.9. The third-order valence-electron chi connectivity index (χ3n) is 4.13. The van der Waals surface area contributed by atoms with Gasteiger partial charge in [-0.1, -0.05) is 0 Å². The Hall–Kier alpha value is -3.28. The van der Waals surface area contributed by atoms with Gasteiger partial charge in [-0.15, -0.1) is 0 Å². The predicted molar refractivity (Wildman–Crippen MR) is 87.6 cm³/mol. The minimum atomic E-state index is -3.10. The van der Waals surface area contributed by atoms with Crippen LogP contribution in [0.1, 0.15) is 16.8 Å². The summed E-state index contributed by atoms with van der Waals surface area (Å²) in [5.74, 6) is -4.41. The molecule has 1 fully saturated rings. The van der Waals surface area contributed by atoms with Gasteiger partial charge in [-0.3, -0.25) is 14.4 Å². The molecule has 1 atom stereocenters. The van der Waals surface area contributed by atoms with E-state index in [-0.39, 0.29) is 11.1 Å². The van der Waals surface area contributed by atoms with Crippen molar-refractivity contribution in [3.8, 4) is 6.07 Å². The topological polar surface area (TPSA) is 106 Å². The van der Waals surface area contributed by atoms with Gasteiger partial charge in [0, 0.05) is 23.6 Å². The number of hydrogen-bond donors (Lipinski definition) is 2. The fraction of sp³-hybridized carbons (Fsp3) is 0.294. The number of benzene rings is 1. The van der Waals surface area contributed by atoms with E-state index in [9.17, 15) is 23.2 Å². The Morgan fingerprint density at radius 3 is 2.85 bits per heavy atom. The maximum absolute atomic E-state index is 13.4. The van der Waals surface area contributed by atoms with Crippen molar-refractivity contribution in [2.24, 2.45) is 0 Å². The lowest BCUT2D eigenvalue weighted by Gasteiger charge is -2.19. The number of aromatic amines is 1. The number of amides is 2. The number of H-pyrrole nitrogens is 1. The molecule has 0 radical (unpaired) electrons. The Kier molecular flexibility index (Phi) is 4.42. The summed E-state index contributed by atoms with van der Waals surface area (Å²) in [6.45, 7) is -1.32. The molecule has 2 amide bonds. The number of carbonyl (C=O) groups is 2. The van der Waals surface area contributed by atoms with Crippen LogP contribution in [0, 0.1) is 11.3 Å². The van der Waals surface area contributed by atoms with Crippen molar-refractivity contribution in [3.05, 3.63) is 46.2 Å². The predicted octanol–water partition coefficient (Wildman–Crippen LogP) is 1.02. The standard InChI is InChI=1S/C17H14F2N4O3/c18-17(19)6-12(7-20)23(9-17)15(25)8-21-16(26)11-1-3-13-10(5-11)2-4-14(24)22-13/h1-5,12H,6,8-9H2,(H,21,26)(H,22,24)/t12-/m0/s1. The van der Waals surface area contributed by atoms with Crippen LogP contribution in [0.15, 0.2) is 35.1 Å². The molecule has 2 heterocycles. The van der Waals surface area contributed by atoms with Gasteiger partial charge in [0.2, 0.25) is 11.5 Å². The molecule has 2 N–H and O–H groups in total. The summed E-state index contributed by atoms with van der Waals surface area (Å²) >= 11 is 0. The first-order chi connectivity index (χ1) is 12.3. The van der Waals surface area contributed by atoms with Crippen molar-refractivity contribution in [2.75, 3.05) is 13.1 Å². The van der Waals surface area contributed by atoms with Gasteiger partial charge in [-0.25, -0.2) is 8.78 Å². The summed E-state index contributed by atoms with van der Waals surface area (Å²) in [7, 11) is 0. The number of nitriles is 1. The summed E-state index contributed by atoms with van der Waals surface area (Å²) < 4.78 is 26.7. The molecule has 0 spiro atoms. The Labute approximate surface area is 146 Å². The van der Waals surface area contributed by atoms with Crippen LogP contribution < -0.4 is 10.9 Å². The molecule has 7 nitrogen and oxygen atoms in total. The molecule has 1 aromatic carbocycles. The minimum Gasteiger partial charge on any atom is -0.343 e. The van der Waals surface area contributed by atoms with Crippen LogP contribution >= 0.6 is 0 Å². The van der Waals surface area contributed by atoms with Gasteiger partial charge in [-0.05, 0) is 29.7 Å². The molecule has 0 aliphatic carbocycles. The SMILES string of the molecule is N#C[C@@H]1CC(F)(F)CN1C(=O)CNC(=O)c1ccc2[nH]c(=O)ccc2c1. The molecule has 0 bridgehead atoms. The Balaban J connectivity index is 1.67. The number of fused-ring (bicyclic) bond motifs is 1. The van der Waals surface area contributed by atoms with Gasteiger partial charge in [-0.2, -0.15) is 5.26 Å². The van der Waals surface area contributed by atoms with Crippen LogP contribution in [-0.2, 0) is 4.79 Å². The van der Waals surface area contributed by atoms with Crippen molar-refractivity contribution >= 4 is 22.7 Å². The van der Waals surface area contributed by atoms with Crippen molar-refractivity contribution in [2.45, 2.75) is 18.4 Å². The lowest BCUT2D eigenvalue weighted by Crippen LogP contribution is -2.42. The average molecular weight is 360 g/mol. The van der Waals surface area contributed by atoms with E-state index in [0.717, 1.165) is 4.90 Å².